The van der Waals surface area contributed by atoms with Gasteiger partial charge in [0.25, 0.3) is 0 Å². The van der Waals surface area contributed by atoms with E-state index in [1.165, 1.54) is 0 Å². The smallest absolute Gasteiger partial charge is 0.407 e. The van der Waals surface area contributed by atoms with Crippen LogP contribution in [0.2, 0.25) is 0 Å². The van der Waals surface area contributed by atoms with Gasteiger partial charge in [0.05, 0.1) is 19.8 Å². The van der Waals surface area contributed by atoms with Gasteiger partial charge in [-0.25, -0.2) is 4.79 Å². The van der Waals surface area contributed by atoms with Gasteiger partial charge in [0.2, 0.25) is 5.91 Å². The Bertz CT molecular complexity index is 470. The second kappa shape index (κ2) is 7.79. The zero-order valence-electron chi connectivity index (χ0n) is 14.6. The van der Waals surface area contributed by atoms with E-state index >= 15 is 0 Å². The maximum absolute atomic E-state index is 12.5. The lowest BCUT2D eigenvalue weighted by molar-refractivity contribution is -0.149. The fourth-order valence-electron chi connectivity index (χ4n) is 2.27. The molecule has 7 nitrogen and oxygen atoms in total. The van der Waals surface area contributed by atoms with Gasteiger partial charge < -0.3 is 24.8 Å². The summed E-state index contributed by atoms with van der Waals surface area (Å²) in [6.07, 6.45) is 1.13. The Morgan fingerprint density at radius 3 is 2.61 bits per heavy atom. The van der Waals surface area contributed by atoms with Gasteiger partial charge in [-0.15, -0.1) is 0 Å². The molecule has 1 aliphatic rings. The molecule has 1 unspecified atom stereocenters. The van der Waals surface area contributed by atoms with Crippen LogP contribution in [0, 0.1) is 0 Å². The predicted octanol–water partition coefficient (Wildman–Crippen LogP) is 1.07. The van der Waals surface area contributed by atoms with Crippen LogP contribution in [0.5, 0.6) is 0 Å². The summed E-state index contributed by atoms with van der Waals surface area (Å²) < 4.78 is 10.6. The summed E-state index contributed by atoms with van der Waals surface area (Å²) in [5.74, 6) is -0.171. The summed E-state index contributed by atoms with van der Waals surface area (Å²) in [6, 6.07) is 0. The highest BCUT2D eigenvalue weighted by molar-refractivity contribution is 5.93. The number of alkyl carbamates (subject to hydrolysis) is 1. The number of hydrogen-bond donors (Lipinski definition) is 2. The molecule has 0 radical (unpaired) electrons. The van der Waals surface area contributed by atoms with Crippen molar-refractivity contribution in [2.45, 2.75) is 45.8 Å². The van der Waals surface area contributed by atoms with Gasteiger partial charge in [-0.1, -0.05) is 6.08 Å². The molecule has 1 fully saturated rings. The quantitative estimate of drug-likeness (QED) is 0.754. The standard InChI is InChI=1S/C16H28N2O5/c1-6-12(2)13(20)18-7-8-22-11-16(18,10-19)9-17-14(21)23-15(3,4)5/h6,19H,7-11H2,1-5H3,(H,17,21). The van der Waals surface area contributed by atoms with E-state index in [0.29, 0.717) is 18.7 Å². The van der Waals surface area contributed by atoms with Crippen molar-refractivity contribution in [3.05, 3.63) is 11.6 Å². The minimum absolute atomic E-state index is 0.0567. The van der Waals surface area contributed by atoms with Crippen molar-refractivity contribution in [3.63, 3.8) is 0 Å². The molecule has 1 aliphatic heterocycles. The summed E-state index contributed by atoms with van der Waals surface area (Å²) in [4.78, 5) is 26.0. The lowest BCUT2D eigenvalue weighted by Gasteiger charge is -2.46. The van der Waals surface area contributed by atoms with Gasteiger partial charge in [0.15, 0.2) is 0 Å². The van der Waals surface area contributed by atoms with Crippen LogP contribution in [0.4, 0.5) is 4.79 Å². The number of aliphatic hydroxyl groups is 1. The lowest BCUT2D eigenvalue weighted by Crippen LogP contribution is -2.66. The first kappa shape index (κ1) is 19.4. The number of carbonyl (C=O) groups is 2. The number of carbonyl (C=O) groups excluding carboxylic acids is 2. The van der Waals surface area contributed by atoms with Gasteiger partial charge >= 0.3 is 6.09 Å². The van der Waals surface area contributed by atoms with Crippen LogP contribution in [0.25, 0.3) is 0 Å². The Kier molecular flexibility index (Phi) is 6.58. The van der Waals surface area contributed by atoms with Crippen LogP contribution >= 0.6 is 0 Å². The molecule has 0 aromatic rings. The van der Waals surface area contributed by atoms with Crippen molar-refractivity contribution in [1.29, 1.82) is 0 Å². The molecule has 1 atom stereocenters. The Hall–Kier alpha value is -1.60. The molecular weight excluding hydrogens is 300 g/mol. The van der Waals surface area contributed by atoms with Crippen LogP contribution in [-0.2, 0) is 14.3 Å². The summed E-state index contributed by atoms with van der Waals surface area (Å²) in [5.41, 5.74) is -1.02. The molecule has 0 aliphatic carbocycles. The van der Waals surface area contributed by atoms with E-state index in [4.69, 9.17) is 9.47 Å². The Balaban J connectivity index is 2.86. The van der Waals surface area contributed by atoms with Crippen molar-refractivity contribution in [2.24, 2.45) is 0 Å². The van der Waals surface area contributed by atoms with Crippen molar-refractivity contribution in [3.8, 4) is 0 Å². The van der Waals surface area contributed by atoms with Gasteiger partial charge in [-0.2, -0.15) is 0 Å². The molecule has 132 valence electrons. The molecule has 2 amide bonds. The van der Waals surface area contributed by atoms with E-state index in [1.807, 2.05) is 0 Å². The van der Waals surface area contributed by atoms with E-state index < -0.39 is 17.2 Å². The van der Waals surface area contributed by atoms with E-state index in [1.54, 1.807) is 45.6 Å². The molecule has 0 saturated carbocycles. The van der Waals surface area contributed by atoms with E-state index in [2.05, 4.69) is 5.32 Å². The van der Waals surface area contributed by atoms with E-state index in [9.17, 15) is 14.7 Å². The third-order valence-corrected chi connectivity index (χ3v) is 3.67. The second-order valence-electron chi connectivity index (χ2n) is 6.72. The monoisotopic (exact) mass is 328 g/mol. The zero-order valence-corrected chi connectivity index (χ0v) is 14.6. The lowest BCUT2D eigenvalue weighted by atomic mass is 9.96. The Morgan fingerprint density at radius 2 is 2.09 bits per heavy atom. The number of nitrogens with zero attached hydrogens (tertiary/aromatic N) is 1. The summed E-state index contributed by atoms with van der Waals surface area (Å²) in [6.45, 7) is 9.47. The minimum Gasteiger partial charge on any atom is -0.444 e. The molecule has 0 spiro atoms. The van der Waals surface area contributed by atoms with Crippen LogP contribution < -0.4 is 5.32 Å². The Morgan fingerprint density at radius 1 is 1.43 bits per heavy atom. The highest BCUT2D eigenvalue weighted by atomic mass is 16.6. The van der Waals surface area contributed by atoms with E-state index in [0.717, 1.165) is 0 Å². The van der Waals surface area contributed by atoms with Crippen molar-refractivity contribution < 1.29 is 24.2 Å². The number of morpholine rings is 1. The van der Waals surface area contributed by atoms with Gasteiger partial charge in [-0.3, -0.25) is 4.79 Å². The minimum atomic E-state index is -0.990. The third-order valence-electron chi connectivity index (χ3n) is 3.67. The molecule has 1 rings (SSSR count). The van der Waals surface area contributed by atoms with Crippen molar-refractivity contribution >= 4 is 12.0 Å². The fourth-order valence-corrected chi connectivity index (χ4v) is 2.27. The van der Waals surface area contributed by atoms with Gasteiger partial charge in [0, 0.05) is 18.7 Å². The normalized spacial score (nSPS) is 22.7. The molecule has 1 saturated heterocycles. The first-order valence-electron chi connectivity index (χ1n) is 7.75. The average Bonchev–Trinajstić information content (AvgIpc) is 2.50. The fraction of sp³-hybridized carbons (Fsp3) is 0.750. The summed E-state index contributed by atoms with van der Waals surface area (Å²) in [7, 11) is 0. The number of hydrogen-bond acceptors (Lipinski definition) is 5. The number of aliphatic hydroxyl groups excluding tert-OH is 1. The largest absolute Gasteiger partial charge is 0.444 e. The summed E-state index contributed by atoms with van der Waals surface area (Å²) >= 11 is 0. The highest BCUT2D eigenvalue weighted by Crippen LogP contribution is 2.22. The maximum Gasteiger partial charge on any atom is 0.407 e. The number of nitrogens with one attached hydrogen (secondary N) is 1. The number of allylic oxidation sites excluding steroid dienone is 1. The number of ether oxygens (including phenoxy) is 2. The molecule has 2 N–H and O–H groups in total. The molecule has 0 aromatic carbocycles. The second-order valence-corrected chi connectivity index (χ2v) is 6.72. The Labute approximate surface area is 137 Å². The molecule has 1 heterocycles. The van der Waals surface area contributed by atoms with Crippen LogP contribution in [0.1, 0.15) is 34.6 Å². The first-order valence-corrected chi connectivity index (χ1v) is 7.75. The van der Waals surface area contributed by atoms with Crippen LogP contribution in [-0.4, -0.2) is 66.1 Å². The topological polar surface area (TPSA) is 88.1 Å². The SMILES string of the molecule is CC=C(C)C(=O)N1CCOCC1(CO)CNC(=O)OC(C)(C)C. The average molecular weight is 328 g/mol. The molecule has 23 heavy (non-hydrogen) atoms. The predicted molar refractivity (Wildman–Crippen MR) is 86.0 cm³/mol. The molecule has 7 heteroatoms. The third kappa shape index (κ3) is 5.21. The molecule has 0 aromatic heterocycles. The van der Waals surface area contributed by atoms with Gasteiger partial charge in [-0.05, 0) is 34.6 Å². The molecular formula is C16H28N2O5. The number of amides is 2. The van der Waals surface area contributed by atoms with Crippen LogP contribution in [0.15, 0.2) is 11.6 Å². The number of rotatable bonds is 4. The van der Waals surface area contributed by atoms with Crippen molar-refractivity contribution in [2.75, 3.05) is 32.9 Å². The van der Waals surface area contributed by atoms with E-state index in [-0.39, 0.29) is 25.7 Å². The highest BCUT2D eigenvalue weighted by Gasteiger charge is 2.42. The van der Waals surface area contributed by atoms with Crippen molar-refractivity contribution in [1.82, 2.24) is 10.2 Å². The first-order chi connectivity index (χ1) is 10.6. The van der Waals surface area contributed by atoms with Gasteiger partial charge in [0.1, 0.15) is 11.1 Å². The van der Waals surface area contributed by atoms with Crippen LogP contribution in [0.3, 0.4) is 0 Å². The zero-order chi connectivity index (χ0) is 17.7. The molecule has 0 bridgehead atoms. The maximum atomic E-state index is 12.5. The summed E-state index contributed by atoms with van der Waals surface area (Å²) in [5, 5.41) is 12.5.